The van der Waals surface area contributed by atoms with Gasteiger partial charge in [0.05, 0.1) is 0 Å². The van der Waals surface area contributed by atoms with E-state index in [4.69, 9.17) is 5.11 Å². The highest BCUT2D eigenvalue weighted by Gasteiger charge is 2.11. The summed E-state index contributed by atoms with van der Waals surface area (Å²) in [6.45, 7) is 1.50. The largest absolute Gasteiger partial charge is 0.480 e. The Morgan fingerprint density at radius 1 is 1.53 bits per heavy atom. The van der Waals surface area contributed by atoms with Gasteiger partial charge in [-0.25, -0.2) is 8.78 Å². The summed E-state index contributed by atoms with van der Waals surface area (Å²) in [5.41, 5.74) is 0.240. The van der Waals surface area contributed by atoms with Crippen molar-refractivity contribution in [3.8, 4) is 0 Å². The molecular weight excluding hydrogens is 204 g/mol. The molecule has 0 fully saturated rings. The van der Waals surface area contributed by atoms with Crippen molar-refractivity contribution in [3.63, 3.8) is 0 Å². The maximum absolute atomic E-state index is 13.1. The first-order valence-corrected chi connectivity index (χ1v) is 4.41. The molecule has 0 unspecified atom stereocenters. The van der Waals surface area contributed by atoms with Crippen molar-refractivity contribution < 1.29 is 18.7 Å². The van der Waals surface area contributed by atoms with Crippen LogP contribution in [0.25, 0.3) is 0 Å². The van der Waals surface area contributed by atoms with E-state index in [1.807, 2.05) is 0 Å². The van der Waals surface area contributed by atoms with Crippen LogP contribution in [0.15, 0.2) is 18.2 Å². The molecule has 15 heavy (non-hydrogen) atoms. The Bertz CT molecular complexity index is 368. The summed E-state index contributed by atoms with van der Waals surface area (Å²) >= 11 is 0. The zero-order valence-corrected chi connectivity index (χ0v) is 8.13. The Kier molecular flexibility index (Phi) is 3.74. The Labute approximate surface area is 85.7 Å². The van der Waals surface area contributed by atoms with E-state index in [-0.39, 0.29) is 12.1 Å². The number of rotatable bonds is 4. The van der Waals surface area contributed by atoms with E-state index in [1.54, 1.807) is 0 Å². The molecule has 0 spiro atoms. The molecule has 5 heteroatoms. The Morgan fingerprint density at radius 3 is 2.73 bits per heavy atom. The molecule has 1 rings (SSSR count). The number of halogens is 2. The molecule has 0 aliphatic carbocycles. The van der Waals surface area contributed by atoms with Crippen LogP contribution in [0.1, 0.15) is 12.5 Å². The van der Waals surface area contributed by atoms with E-state index in [9.17, 15) is 13.6 Å². The third kappa shape index (κ3) is 3.28. The molecular formula is C10H11F2NO2. The lowest BCUT2D eigenvalue weighted by atomic mass is 10.2. The van der Waals surface area contributed by atoms with Crippen LogP contribution < -0.4 is 5.32 Å². The van der Waals surface area contributed by atoms with Crippen LogP contribution in [0.5, 0.6) is 0 Å². The highest BCUT2D eigenvalue weighted by Crippen LogP contribution is 2.09. The fourth-order valence-electron chi connectivity index (χ4n) is 1.02. The van der Waals surface area contributed by atoms with Gasteiger partial charge in [0.15, 0.2) is 0 Å². The molecule has 1 aromatic rings. The number of hydrogen-bond donors (Lipinski definition) is 2. The molecule has 1 aromatic carbocycles. The SMILES string of the molecule is C[C@H](NCc1ccc(F)cc1F)C(=O)O. The van der Waals surface area contributed by atoms with Crippen LogP contribution in [0, 0.1) is 11.6 Å². The second kappa shape index (κ2) is 4.84. The van der Waals surface area contributed by atoms with Gasteiger partial charge in [-0.3, -0.25) is 4.79 Å². The summed E-state index contributed by atoms with van der Waals surface area (Å²) < 4.78 is 25.6. The molecule has 1 atom stereocenters. The minimum atomic E-state index is -1.02. The van der Waals surface area contributed by atoms with Crippen molar-refractivity contribution in [1.82, 2.24) is 5.32 Å². The van der Waals surface area contributed by atoms with Gasteiger partial charge in [0.1, 0.15) is 17.7 Å². The van der Waals surface area contributed by atoms with Gasteiger partial charge in [-0.2, -0.15) is 0 Å². The summed E-state index contributed by atoms with van der Waals surface area (Å²) in [5.74, 6) is -2.35. The molecule has 0 bridgehead atoms. The molecule has 0 amide bonds. The molecule has 82 valence electrons. The number of hydrogen-bond acceptors (Lipinski definition) is 2. The van der Waals surface area contributed by atoms with E-state index in [1.165, 1.54) is 13.0 Å². The van der Waals surface area contributed by atoms with Crippen molar-refractivity contribution >= 4 is 5.97 Å². The number of nitrogens with one attached hydrogen (secondary N) is 1. The van der Waals surface area contributed by atoms with E-state index in [0.717, 1.165) is 12.1 Å². The van der Waals surface area contributed by atoms with Gasteiger partial charge in [-0.15, -0.1) is 0 Å². The van der Waals surface area contributed by atoms with E-state index < -0.39 is 23.6 Å². The Morgan fingerprint density at radius 2 is 2.20 bits per heavy atom. The molecule has 0 aliphatic rings. The molecule has 0 saturated heterocycles. The fourth-order valence-corrected chi connectivity index (χ4v) is 1.02. The average Bonchev–Trinajstić information content (AvgIpc) is 2.15. The average molecular weight is 215 g/mol. The minimum Gasteiger partial charge on any atom is -0.480 e. The monoisotopic (exact) mass is 215 g/mol. The van der Waals surface area contributed by atoms with Crippen LogP contribution in [0.2, 0.25) is 0 Å². The van der Waals surface area contributed by atoms with Gasteiger partial charge >= 0.3 is 5.97 Å². The zero-order valence-electron chi connectivity index (χ0n) is 8.13. The van der Waals surface area contributed by atoms with E-state index >= 15 is 0 Å². The number of carboxylic acid groups (broad SMARTS) is 1. The molecule has 2 N–H and O–H groups in total. The quantitative estimate of drug-likeness (QED) is 0.800. The lowest BCUT2D eigenvalue weighted by molar-refractivity contribution is -0.139. The summed E-state index contributed by atoms with van der Waals surface area (Å²) in [6.07, 6.45) is 0. The number of carbonyl (C=O) groups is 1. The van der Waals surface area contributed by atoms with Crippen molar-refractivity contribution in [2.45, 2.75) is 19.5 Å². The van der Waals surface area contributed by atoms with Crippen LogP contribution in [-0.4, -0.2) is 17.1 Å². The fraction of sp³-hybridized carbons (Fsp3) is 0.300. The zero-order chi connectivity index (χ0) is 11.4. The molecule has 0 saturated carbocycles. The van der Waals surface area contributed by atoms with Crippen LogP contribution in [0.3, 0.4) is 0 Å². The molecule has 0 aliphatic heterocycles. The lowest BCUT2D eigenvalue weighted by Gasteiger charge is -2.09. The van der Waals surface area contributed by atoms with Gasteiger partial charge in [0, 0.05) is 18.2 Å². The highest BCUT2D eigenvalue weighted by atomic mass is 19.1. The van der Waals surface area contributed by atoms with Crippen LogP contribution in [0.4, 0.5) is 8.78 Å². The predicted molar refractivity (Wildman–Crippen MR) is 50.3 cm³/mol. The van der Waals surface area contributed by atoms with Crippen molar-refractivity contribution in [1.29, 1.82) is 0 Å². The van der Waals surface area contributed by atoms with Gasteiger partial charge in [0.25, 0.3) is 0 Å². The highest BCUT2D eigenvalue weighted by molar-refractivity contribution is 5.72. The van der Waals surface area contributed by atoms with Gasteiger partial charge in [0.2, 0.25) is 0 Å². The first-order valence-electron chi connectivity index (χ1n) is 4.41. The minimum absolute atomic E-state index is 0.0551. The first-order chi connectivity index (χ1) is 7.00. The van der Waals surface area contributed by atoms with E-state index in [0.29, 0.717) is 0 Å². The van der Waals surface area contributed by atoms with Gasteiger partial charge in [-0.05, 0) is 13.0 Å². The standard InChI is InChI=1S/C10H11F2NO2/c1-6(10(14)15)13-5-7-2-3-8(11)4-9(7)12/h2-4,6,13H,5H2,1H3,(H,14,15)/t6-/m0/s1. The van der Waals surface area contributed by atoms with Crippen molar-refractivity contribution in [2.75, 3.05) is 0 Å². The second-order valence-corrected chi connectivity index (χ2v) is 3.18. The maximum atomic E-state index is 13.1. The van der Waals surface area contributed by atoms with Crippen molar-refractivity contribution in [2.24, 2.45) is 0 Å². The third-order valence-corrected chi connectivity index (χ3v) is 1.98. The number of aliphatic carboxylic acids is 1. The Balaban J connectivity index is 2.62. The lowest BCUT2D eigenvalue weighted by Crippen LogP contribution is -2.33. The topological polar surface area (TPSA) is 49.3 Å². The maximum Gasteiger partial charge on any atom is 0.320 e. The van der Waals surface area contributed by atoms with Gasteiger partial charge in [-0.1, -0.05) is 6.07 Å². The predicted octanol–water partition coefficient (Wildman–Crippen LogP) is 1.53. The van der Waals surface area contributed by atoms with Crippen LogP contribution in [-0.2, 0) is 11.3 Å². The second-order valence-electron chi connectivity index (χ2n) is 3.18. The smallest absolute Gasteiger partial charge is 0.320 e. The Hall–Kier alpha value is -1.49. The third-order valence-electron chi connectivity index (χ3n) is 1.98. The summed E-state index contributed by atoms with van der Waals surface area (Å²) in [4.78, 5) is 10.4. The molecule has 0 heterocycles. The summed E-state index contributed by atoms with van der Waals surface area (Å²) in [6, 6.07) is 2.41. The summed E-state index contributed by atoms with van der Waals surface area (Å²) in [5, 5.41) is 11.2. The molecule has 0 radical (unpaired) electrons. The molecule has 0 aromatic heterocycles. The number of carboxylic acids is 1. The van der Waals surface area contributed by atoms with E-state index in [2.05, 4.69) is 5.32 Å². The molecule has 3 nitrogen and oxygen atoms in total. The normalized spacial score (nSPS) is 12.5. The summed E-state index contributed by atoms with van der Waals surface area (Å²) in [7, 11) is 0. The van der Waals surface area contributed by atoms with Crippen molar-refractivity contribution in [3.05, 3.63) is 35.4 Å². The van der Waals surface area contributed by atoms with Gasteiger partial charge < -0.3 is 10.4 Å². The van der Waals surface area contributed by atoms with Crippen LogP contribution >= 0.6 is 0 Å². The number of benzene rings is 1. The first kappa shape index (κ1) is 11.6.